The highest BCUT2D eigenvalue weighted by Crippen LogP contribution is 2.38. The Balaban J connectivity index is 2.37. The number of likely N-dealkylation sites (tertiary alicyclic amines) is 1. The molecule has 1 aromatic rings. The zero-order valence-corrected chi connectivity index (χ0v) is 22.1. The summed E-state index contributed by atoms with van der Waals surface area (Å²) in [6.45, 7) is 14.4. The molecule has 1 fully saturated rings. The van der Waals surface area contributed by atoms with Crippen molar-refractivity contribution in [3.8, 4) is 11.5 Å². The lowest BCUT2D eigenvalue weighted by Crippen LogP contribution is -2.46. The van der Waals surface area contributed by atoms with E-state index < -0.39 is 26.4 Å². The molecule has 34 heavy (non-hydrogen) atoms. The smallest absolute Gasteiger partial charge is 0.411 e. The van der Waals surface area contributed by atoms with Crippen LogP contribution >= 0.6 is 0 Å². The van der Waals surface area contributed by atoms with Gasteiger partial charge in [0, 0.05) is 12.5 Å². The molecule has 188 valence electrons. The molecule has 9 nitrogen and oxygen atoms in total. The first-order chi connectivity index (χ1) is 15.8. The molecule has 1 N–H and O–H groups in total. The van der Waals surface area contributed by atoms with Crippen molar-refractivity contribution in [3.05, 3.63) is 30.4 Å². The van der Waals surface area contributed by atoms with Gasteiger partial charge in [-0.15, -0.1) is 0 Å². The van der Waals surface area contributed by atoms with E-state index in [4.69, 9.17) is 18.6 Å². The van der Waals surface area contributed by atoms with Crippen molar-refractivity contribution in [1.82, 2.24) is 4.90 Å². The second-order valence-corrected chi connectivity index (χ2v) is 14.5. The molecule has 0 radical (unpaired) electrons. The average molecular weight is 493 g/mol. The zero-order valence-electron chi connectivity index (χ0n) is 21.1. The summed E-state index contributed by atoms with van der Waals surface area (Å²) in [7, 11) is 0.824. The minimum absolute atomic E-state index is 0.00328. The van der Waals surface area contributed by atoms with Crippen molar-refractivity contribution in [2.75, 3.05) is 39.3 Å². The Morgan fingerprint density at radius 3 is 2.38 bits per heavy atom. The van der Waals surface area contributed by atoms with Crippen LogP contribution in [0.5, 0.6) is 11.5 Å². The first-order valence-electron chi connectivity index (χ1n) is 11.1. The Bertz CT molecular complexity index is 940. The number of carbonyl (C=O) groups excluding carboxylic acids is 3. The predicted molar refractivity (Wildman–Crippen MR) is 132 cm³/mol. The predicted octanol–water partition coefficient (Wildman–Crippen LogP) is 4.24. The number of rotatable bonds is 9. The van der Waals surface area contributed by atoms with Crippen LogP contribution in [0.1, 0.15) is 37.6 Å². The van der Waals surface area contributed by atoms with Gasteiger partial charge in [0.25, 0.3) is 5.91 Å². The number of nitrogens with one attached hydrogen (secondary N) is 1. The average Bonchev–Trinajstić information content (AvgIpc) is 3.15. The molecule has 1 aliphatic heterocycles. The lowest BCUT2D eigenvalue weighted by atomic mass is 10.1. The van der Waals surface area contributed by atoms with Gasteiger partial charge < -0.3 is 23.5 Å². The summed E-state index contributed by atoms with van der Waals surface area (Å²) in [5.41, 5.74) is 0.334. The van der Waals surface area contributed by atoms with Crippen LogP contribution in [0.2, 0.25) is 18.1 Å². The lowest BCUT2D eigenvalue weighted by Gasteiger charge is -2.37. The van der Waals surface area contributed by atoms with E-state index in [0.29, 0.717) is 11.5 Å². The van der Waals surface area contributed by atoms with Crippen molar-refractivity contribution >= 4 is 31.8 Å². The van der Waals surface area contributed by atoms with Gasteiger partial charge in [-0.25, -0.2) is 4.79 Å². The van der Waals surface area contributed by atoms with Gasteiger partial charge in [0.2, 0.25) is 0 Å². The number of nitrogens with zero attached hydrogens (tertiary/aromatic N) is 1. The summed E-state index contributed by atoms with van der Waals surface area (Å²) in [4.78, 5) is 39.7. The Morgan fingerprint density at radius 1 is 1.21 bits per heavy atom. The second-order valence-electron chi connectivity index (χ2n) is 9.67. The van der Waals surface area contributed by atoms with E-state index in [1.807, 2.05) is 0 Å². The molecule has 1 heterocycles. The number of ketones is 1. The number of anilines is 1. The van der Waals surface area contributed by atoms with Crippen LogP contribution in [0.4, 0.5) is 10.5 Å². The molecule has 0 unspecified atom stereocenters. The van der Waals surface area contributed by atoms with Crippen LogP contribution in [0.15, 0.2) is 24.8 Å². The molecule has 0 aromatic heterocycles. The normalized spacial score (nSPS) is 16.3. The number of amides is 2. The number of hydrogen-bond acceptors (Lipinski definition) is 7. The van der Waals surface area contributed by atoms with Crippen molar-refractivity contribution in [2.45, 2.75) is 51.4 Å². The Kier molecular flexibility index (Phi) is 8.90. The van der Waals surface area contributed by atoms with E-state index in [2.05, 4.69) is 45.8 Å². The van der Waals surface area contributed by atoms with Crippen LogP contribution in [0.3, 0.4) is 0 Å². The molecular formula is C24H36N2O7Si. The molecule has 1 aromatic carbocycles. The van der Waals surface area contributed by atoms with Crippen LogP contribution in [0.25, 0.3) is 0 Å². The van der Waals surface area contributed by atoms with Crippen LogP contribution in [-0.2, 0) is 14.0 Å². The maximum absolute atomic E-state index is 13.6. The molecule has 10 heteroatoms. The van der Waals surface area contributed by atoms with Crippen LogP contribution in [-0.4, -0.2) is 71.0 Å². The molecular weight excluding hydrogens is 456 g/mol. The molecule has 0 spiro atoms. The van der Waals surface area contributed by atoms with Gasteiger partial charge in [0.05, 0.1) is 44.7 Å². The van der Waals surface area contributed by atoms with E-state index >= 15 is 0 Å². The first kappa shape index (κ1) is 27.4. The quantitative estimate of drug-likeness (QED) is 0.406. The second kappa shape index (κ2) is 11.0. The van der Waals surface area contributed by atoms with Gasteiger partial charge in [-0.3, -0.25) is 14.9 Å². The summed E-state index contributed by atoms with van der Waals surface area (Å²) < 4.78 is 22.0. The van der Waals surface area contributed by atoms with Crippen molar-refractivity contribution in [2.24, 2.45) is 0 Å². The fourth-order valence-corrected chi connectivity index (χ4v) is 4.30. The molecule has 1 saturated heterocycles. The summed E-state index contributed by atoms with van der Waals surface area (Å²) in [5, 5.41) is 2.57. The fraction of sp³-hybridized carbons (Fsp3) is 0.542. The summed E-state index contributed by atoms with van der Waals surface area (Å²) in [6.07, 6.45) is 0.900. The number of hydrogen-bond donors (Lipinski definition) is 1. The van der Waals surface area contributed by atoms with Crippen molar-refractivity contribution < 1.29 is 33.0 Å². The monoisotopic (exact) mass is 492 g/mol. The van der Waals surface area contributed by atoms with Crippen molar-refractivity contribution in [1.29, 1.82) is 0 Å². The van der Waals surface area contributed by atoms with E-state index in [-0.39, 0.29) is 48.3 Å². The first-order valence-corrected chi connectivity index (χ1v) is 14.0. The van der Waals surface area contributed by atoms with Gasteiger partial charge in [0.1, 0.15) is 6.61 Å². The zero-order chi connectivity index (χ0) is 25.7. The van der Waals surface area contributed by atoms with Gasteiger partial charge in [-0.2, -0.15) is 0 Å². The Morgan fingerprint density at radius 2 is 1.82 bits per heavy atom. The molecule has 2 rings (SSSR count). The van der Waals surface area contributed by atoms with Gasteiger partial charge in [-0.1, -0.05) is 33.4 Å². The standard InChI is InChI=1S/C24H36N2O7Si/c1-9-10-32-23(29)25-19-13-21(31-6)20(30-5)12-18(19)22(28)26-14-17(27)11-16(26)15-33-34(7,8)24(2,3)4/h9,12-13,16H,1,10-11,14-15H2,2-8H3,(H,25,29)/t16-/m0/s1. The summed E-state index contributed by atoms with van der Waals surface area (Å²) in [5.74, 6) is 0.177. The SMILES string of the molecule is C=CCOC(=O)Nc1cc(OC)c(OC)cc1C(=O)N1CC(=O)C[C@H]1CO[Si](C)(C)C(C)(C)C. The minimum Gasteiger partial charge on any atom is -0.493 e. The third-order valence-electron chi connectivity index (χ3n) is 6.28. The molecule has 2 amide bonds. The summed E-state index contributed by atoms with van der Waals surface area (Å²) >= 11 is 0. The van der Waals surface area contributed by atoms with Gasteiger partial charge in [0.15, 0.2) is 25.6 Å². The van der Waals surface area contributed by atoms with E-state index in [9.17, 15) is 14.4 Å². The number of carbonyl (C=O) groups is 3. The highest BCUT2D eigenvalue weighted by Gasteiger charge is 2.41. The van der Waals surface area contributed by atoms with E-state index in [1.165, 1.54) is 37.3 Å². The van der Waals surface area contributed by atoms with E-state index in [1.54, 1.807) is 0 Å². The third kappa shape index (κ3) is 6.38. The van der Waals surface area contributed by atoms with Crippen LogP contribution < -0.4 is 14.8 Å². The third-order valence-corrected chi connectivity index (χ3v) is 10.8. The number of benzene rings is 1. The fourth-order valence-electron chi connectivity index (χ4n) is 3.26. The maximum atomic E-state index is 13.6. The highest BCUT2D eigenvalue weighted by atomic mass is 28.4. The Labute approximate surface area is 202 Å². The molecule has 0 aliphatic carbocycles. The molecule has 0 bridgehead atoms. The summed E-state index contributed by atoms with van der Waals surface area (Å²) in [6, 6.07) is 2.57. The number of ether oxygens (including phenoxy) is 3. The van der Waals surface area contributed by atoms with Gasteiger partial charge in [-0.05, 0) is 24.2 Å². The topological polar surface area (TPSA) is 103 Å². The van der Waals surface area contributed by atoms with Crippen LogP contribution in [0, 0.1) is 0 Å². The number of methoxy groups -OCH3 is 2. The van der Waals surface area contributed by atoms with E-state index in [0.717, 1.165) is 0 Å². The molecule has 0 saturated carbocycles. The highest BCUT2D eigenvalue weighted by molar-refractivity contribution is 6.74. The van der Waals surface area contributed by atoms with Gasteiger partial charge >= 0.3 is 6.09 Å². The molecule has 1 atom stereocenters. The lowest BCUT2D eigenvalue weighted by molar-refractivity contribution is -0.116. The molecule has 1 aliphatic rings. The van der Waals surface area contributed by atoms with Crippen molar-refractivity contribution in [3.63, 3.8) is 0 Å². The maximum Gasteiger partial charge on any atom is 0.411 e. The Hall–Kier alpha value is -2.85. The number of Topliss-reactive ketones (excluding diaryl/α,β-unsaturated/α-hetero) is 1. The largest absolute Gasteiger partial charge is 0.493 e. The minimum atomic E-state index is -2.08.